The zero-order valence-electron chi connectivity index (χ0n) is 11.5. The van der Waals surface area contributed by atoms with Gasteiger partial charge in [0.2, 0.25) is 5.91 Å². The lowest BCUT2D eigenvalue weighted by molar-refractivity contribution is -0.122. The van der Waals surface area contributed by atoms with Crippen LogP contribution in [0.4, 0.5) is 0 Å². The fourth-order valence-corrected chi connectivity index (χ4v) is 3.01. The Kier molecular flexibility index (Phi) is 3.99. The molecule has 1 saturated carbocycles. The normalized spacial score (nSPS) is 21.4. The molecule has 0 atom stereocenters. The molecule has 1 aromatic rings. The summed E-state index contributed by atoms with van der Waals surface area (Å²) in [4.78, 5) is 11.9. The highest BCUT2D eigenvalue weighted by Gasteiger charge is 2.36. The summed E-state index contributed by atoms with van der Waals surface area (Å²) < 4.78 is 5.50. The lowest BCUT2D eigenvalue weighted by Crippen LogP contribution is -2.45. The summed E-state index contributed by atoms with van der Waals surface area (Å²) in [5.41, 5.74) is 1.24. The Morgan fingerprint density at radius 1 is 1.25 bits per heavy atom. The Hall–Kier alpha value is -1.06. The lowest BCUT2D eigenvalue weighted by atomic mass is 9.74. The van der Waals surface area contributed by atoms with Gasteiger partial charge in [-0.05, 0) is 43.4 Å². The van der Waals surface area contributed by atoms with Gasteiger partial charge in [-0.15, -0.1) is 0 Å². The number of ether oxygens (including phenoxy) is 1. The van der Waals surface area contributed by atoms with Crippen LogP contribution in [0.25, 0.3) is 0 Å². The molecule has 0 unspecified atom stereocenters. The molecule has 1 heterocycles. The molecule has 0 spiro atoms. The second-order valence-electron chi connectivity index (χ2n) is 5.89. The number of benzene rings is 1. The van der Waals surface area contributed by atoms with E-state index in [2.05, 4.69) is 17.4 Å². The minimum Gasteiger partial charge on any atom is -0.381 e. The predicted molar refractivity (Wildman–Crippen MR) is 78.9 cm³/mol. The van der Waals surface area contributed by atoms with E-state index in [9.17, 15) is 4.79 Å². The molecule has 4 heteroatoms. The van der Waals surface area contributed by atoms with Crippen molar-refractivity contribution in [2.24, 2.45) is 5.92 Å². The van der Waals surface area contributed by atoms with Gasteiger partial charge < -0.3 is 10.1 Å². The largest absolute Gasteiger partial charge is 0.381 e. The van der Waals surface area contributed by atoms with E-state index in [1.807, 2.05) is 12.1 Å². The van der Waals surface area contributed by atoms with Crippen LogP contribution in [-0.2, 0) is 14.9 Å². The van der Waals surface area contributed by atoms with E-state index in [-0.39, 0.29) is 17.2 Å². The molecule has 2 fully saturated rings. The van der Waals surface area contributed by atoms with Crippen molar-refractivity contribution in [2.75, 3.05) is 19.8 Å². The Morgan fingerprint density at radius 3 is 2.50 bits per heavy atom. The molecule has 0 bridgehead atoms. The highest BCUT2D eigenvalue weighted by atomic mass is 35.5. The van der Waals surface area contributed by atoms with Crippen molar-refractivity contribution in [1.29, 1.82) is 0 Å². The van der Waals surface area contributed by atoms with Gasteiger partial charge in [0, 0.05) is 36.1 Å². The maximum atomic E-state index is 11.9. The molecule has 108 valence electrons. The topological polar surface area (TPSA) is 38.3 Å². The van der Waals surface area contributed by atoms with E-state index in [1.165, 1.54) is 5.56 Å². The highest BCUT2D eigenvalue weighted by Crippen LogP contribution is 2.35. The Balaban J connectivity index is 1.76. The Bertz CT molecular complexity index is 476. The summed E-state index contributed by atoms with van der Waals surface area (Å²) in [6, 6.07) is 8.02. The molecule has 0 radical (unpaired) electrons. The average molecular weight is 294 g/mol. The number of hydrogen-bond acceptors (Lipinski definition) is 2. The Morgan fingerprint density at radius 2 is 1.90 bits per heavy atom. The van der Waals surface area contributed by atoms with Crippen LogP contribution in [0.2, 0.25) is 5.02 Å². The molecule has 20 heavy (non-hydrogen) atoms. The zero-order valence-corrected chi connectivity index (χ0v) is 12.3. The van der Waals surface area contributed by atoms with Crippen molar-refractivity contribution in [3.8, 4) is 0 Å². The monoisotopic (exact) mass is 293 g/mol. The molecule has 1 N–H and O–H groups in total. The number of rotatable bonds is 4. The fourth-order valence-electron chi connectivity index (χ4n) is 2.88. The SMILES string of the molecule is O=C(NCC1(c2ccc(Cl)cc2)CCOCC1)C1CC1. The highest BCUT2D eigenvalue weighted by molar-refractivity contribution is 6.30. The minimum atomic E-state index is -0.00656. The molecule has 1 aliphatic carbocycles. The van der Waals surface area contributed by atoms with Gasteiger partial charge in [-0.3, -0.25) is 4.79 Å². The number of carbonyl (C=O) groups is 1. The second kappa shape index (κ2) is 5.74. The van der Waals surface area contributed by atoms with Crippen molar-refractivity contribution >= 4 is 17.5 Å². The van der Waals surface area contributed by atoms with Crippen LogP contribution in [0.15, 0.2) is 24.3 Å². The summed E-state index contributed by atoms with van der Waals surface area (Å²) in [5.74, 6) is 0.474. The van der Waals surface area contributed by atoms with Crippen LogP contribution in [-0.4, -0.2) is 25.7 Å². The number of hydrogen-bond donors (Lipinski definition) is 1. The second-order valence-corrected chi connectivity index (χ2v) is 6.33. The first-order chi connectivity index (χ1) is 9.70. The smallest absolute Gasteiger partial charge is 0.223 e. The number of halogens is 1. The van der Waals surface area contributed by atoms with Gasteiger partial charge in [0.05, 0.1) is 0 Å². The van der Waals surface area contributed by atoms with Crippen molar-refractivity contribution in [2.45, 2.75) is 31.1 Å². The molecule has 3 rings (SSSR count). The van der Waals surface area contributed by atoms with Crippen molar-refractivity contribution < 1.29 is 9.53 Å². The van der Waals surface area contributed by atoms with Crippen molar-refractivity contribution in [1.82, 2.24) is 5.32 Å². The van der Waals surface area contributed by atoms with Gasteiger partial charge in [-0.2, -0.15) is 0 Å². The Labute approximate surface area is 124 Å². The fraction of sp³-hybridized carbons (Fsp3) is 0.562. The molecule has 1 saturated heterocycles. The molecule has 0 aromatic heterocycles. The molecular formula is C16H20ClNO2. The third-order valence-corrected chi connectivity index (χ3v) is 4.71. The molecule has 1 aromatic carbocycles. The quantitative estimate of drug-likeness (QED) is 0.927. The number of amides is 1. The number of nitrogens with one attached hydrogen (secondary N) is 1. The molecular weight excluding hydrogens is 274 g/mol. The van der Waals surface area contributed by atoms with Crippen LogP contribution >= 0.6 is 11.6 Å². The van der Waals surface area contributed by atoms with Gasteiger partial charge in [0.1, 0.15) is 0 Å². The van der Waals surface area contributed by atoms with Gasteiger partial charge in [-0.1, -0.05) is 23.7 Å². The first-order valence-corrected chi connectivity index (χ1v) is 7.69. The molecule has 3 nitrogen and oxygen atoms in total. The van der Waals surface area contributed by atoms with Gasteiger partial charge >= 0.3 is 0 Å². The van der Waals surface area contributed by atoms with Crippen LogP contribution in [0, 0.1) is 5.92 Å². The van der Waals surface area contributed by atoms with Gasteiger partial charge in [-0.25, -0.2) is 0 Å². The summed E-state index contributed by atoms with van der Waals surface area (Å²) in [6.07, 6.45) is 3.98. The van der Waals surface area contributed by atoms with E-state index < -0.39 is 0 Å². The maximum absolute atomic E-state index is 11.9. The van der Waals surface area contributed by atoms with Crippen LogP contribution < -0.4 is 5.32 Å². The van der Waals surface area contributed by atoms with Crippen LogP contribution in [0.1, 0.15) is 31.2 Å². The molecule has 2 aliphatic rings. The summed E-state index contributed by atoms with van der Waals surface area (Å²) in [6.45, 7) is 2.21. The predicted octanol–water partition coefficient (Wildman–Crippen LogP) is 2.91. The maximum Gasteiger partial charge on any atom is 0.223 e. The van der Waals surface area contributed by atoms with Gasteiger partial charge in [0.15, 0.2) is 0 Å². The molecule has 1 amide bonds. The summed E-state index contributed by atoms with van der Waals surface area (Å²) >= 11 is 5.98. The average Bonchev–Trinajstić information content (AvgIpc) is 3.31. The van der Waals surface area contributed by atoms with E-state index in [0.717, 1.165) is 43.9 Å². The first kappa shape index (κ1) is 13.9. The third-order valence-electron chi connectivity index (χ3n) is 4.46. The summed E-state index contributed by atoms with van der Waals surface area (Å²) in [7, 11) is 0. The van der Waals surface area contributed by atoms with E-state index in [4.69, 9.17) is 16.3 Å². The lowest BCUT2D eigenvalue weighted by Gasteiger charge is -2.38. The third kappa shape index (κ3) is 2.99. The summed E-state index contributed by atoms with van der Waals surface area (Å²) in [5, 5.41) is 3.89. The number of carbonyl (C=O) groups excluding carboxylic acids is 1. The zero-order chi connectivity index (χ0) is 14.0. The van der Waals surface area contributed by atoms with Crippen molar-refractivity contribution in [3.63, 3.8) is 0 Å². The minimum absolute atomic E-state index is 0.00656. The molecule has 1 aliphatic heterocycles. The van der Waals surface area contributed by atoms with Crippen molar-refractivity contribution in [3.05, 3.63) is 34.9 Å². The van der Waals surface area contributed by atoms with Gasteiger partial charge in [0.25, 0.3) is 0 Å². The van der Waals surface area contributed by atoms with E-state index in [1.54, 1.807) is 0 Å². The van der Waals surface area contributed by atoms with E-state index >= 15 is 0 Å². The van der Waals surface area contributed by atoms with Crippen LogP contribution in [0.3, 0.4) is 0 Å². The first-order valence-electron chi connectivity index (χ1n) is 7.31. The van der Waals surface area contributed by atoms with E-state index in [0.29, 0.717) is 6.54 Å². The standard InChI is InChI=1S/C16H20ClNO2/c17-14-5-3-13(4-6-14)16(7-9-20-10-8-16)11-18-15(19)12-1-2-12/h3-6,12H,1-2,7-11H2,(H,18,19). The van der Waals surface area contributed by atoms with Crippen LogP contribution in [0.5, 0.6) is 0 Å².